The Morgan fingerprint density at radius 3 is 1.39 bits per heavy atom. The molecule has 4 aromatic carbocycles. The van der Waals surface area contributed by atoms with Crippen molar-refractivity contribution in [2.45, 2.75) is 26.7 Å². The largest absolute Gasteiger partial charge is 4.00 e. The molecule has 0 fully saturated rings. The molecule has 0 unspecified atom stereocenters. The van der Waals surface area contributed by atoms with Gasteiger partial charge in [-0.1, -0.05) is 84.6 Å². The van der Waals surface area contributed by atoms with Crippen molar-refractivity contribution in [2.24, 2.45) is 0 Å². The molecule has 152 valence electrons. The van der Waals surface area contributed by atoms with Gasteiger partial charge in [-0.25, -0.2) is 0 Å². The van der Waals surface area contributed by atoms with Crippen molar-refractivity contribution in [1.29, 1.82) is 0 Å². The maximum absolute atomic E-state index is 3.34. The number of fused-ring (bicyclic) bond motifs is 6. The minimum Gasteiger partial charge on any atom is -1.00 e. The van der Waals surface area contributed by atoms with Gasteiger partial charge >= 0.3 is 25.8 Å². The van der Waals surface area contributed by atoms with Crippen LogP contribution in [0.2, 0.25) is 0 Å². The summed E-state index contributed by atoms with van der Waals surface area (Å²) in [6.07, 6.45) is 2.10. The van der Waals surface area contributed by atoms with E-state index in [9.17, 15) is 0 Å². The molecule has 0 atom stereocenters. The maximum Gasteiger partial charge on any atom is 4.00 e. The van der Waals surface area contributed by atoms with Crippen molar-refractivity contribution in [3.8, 4) is 22.3 Å². The molecule has 0 aliphatic heterocycles. The quantitative estimate of drug-likeness (QED) is 0.177. The fourth-order valence-electron chi connectivity index (χ4n) is 4.57. The molecule has 31 heavy (non-hydrogen) atoms. The molecule has 0 spiro atoms. The van der Waals surface area contributed by atoms with Gasteiger partial charge in [-0.05, 0) is 12.8 Å². The SMILES string of the molecule is Cc1cc[c-]c2c1-c1ccccc1C2.Cc1cc[c-]c2c1-c1ccccc1C2.[Cl-].[Cl-].[Hf+4]. The average molecular weight is 608 g/mol. The van der Waals surface area contributed by atoms with E-state index < -0.39 is 0 Å². The molecule has 0 saturated heterocycles. The van der Waals surface area contributed by atoms with Crippen LogP contribution in [0.1, 0.15) is 33.4 Å². The Morgan fingerprint density at radius 2 is 0.968 bits per heavy atom. The monoisotopic (exact) mass is 608 g/mol. The Hall–Kier alpha value is -1.67. The molecule has 0 amide bonds. The number of hydrogen-bond acceptors (Lipinski definition) is 0. The van der Waals surface area contributed by atoms with E-state index in [4.69, 9.17) is 0 Å². The molecule has 3 heteroatoms. The number of benzene rings is 4. The van der Waals surface area contributed by atoms with E-state index in [1.165, 1.54) is 55.6 Å². The van der Waals surface area contributed by atoms with Gasteiger partial charge in [0.05, 0.1) is 0 Å². The van der Waals surface area contributed by atoms with Crippen LogP contribution >= 0.6 is 0 Å². The third-order valence-electron chi connectivity index (χ3n) is 5.88. The average Bonchev–Trinajstić information content (AvgIpc) is 3.28. The molecule has 0 heterocycles. The number of hydrogen-bond donors (Lipinski definition) is 0. The first-order valence-electron chi connectivity index (χ1n) is 9.89. The summed E-state index contributed by atoms with van der Waals surface area (Å²) >= 11 is 0. The first kappa shape index (κ1) is 25.6. The van der Waals surface area contributed by atoms with Crippen LogP contribution in [0.3, 0.4) is 0 Å². The summed E-state index contributed by atoms with van der Waals surface area (Å²) in [5.41, 5.74) is 13.9. The Bertz CT molecular complexity index is 1100. The molecule has 6 rings (SSSR count). The van der Waals surface area contributed by atoms with Crippen LogP contribution in [-0.4, -0.2) is 0 Å². The van der Waals surface area contributed by atoms with Crippen LogP contribution in [-0.2, 0) is 38.7 Å². The van der Waals surface area contributed by atoms with E-state index in [1.807, 2.05) is 12.1 Å². The molecule has 0 bridgehead atoms. The molecular formula is C28H22Cl2Hf. The van der Waals surface area contributed by atoms with Gasteiger partial charge in [0.15, 0.2) is 0 Å². The summed E-state index contributed by atoms with van der Waals surface area (Å²) in [6.45, 7) is 4.35. The zero-order valence-corrected chi connectivity index (χ0v) is 22.7. The molecule has 0 N–H and O–H groups in total. The summed E-state index contributed by atoms with van der Waals surface area (Å²) in [4.78, 5) is 0. The Kier molecular flexibility index (Phi) is 8.89. The van der Waals surface area contributed by atoms with E-state index in [-0.39, 0.29) is 50.7 Å². The van der Waals surface area contributed by atoms with Crippen LogP contribution in [0.5, 0.6) is 0 Å². The second kappa shape index (κ2) is 10.8. The van der Waals surface area contributed by atoms with Gasteiger partial charge in [-0.2, -0.15) is 47.5 Å². The van der Waals surface area contributed by atoms with E-state index >= 15 is 0 Å². The van der Waals surface area contributed by atoms with Crippen molar-refractivity contribution in [3.63, 3.8) is 0 Å². The van der Waals surface area contributed by atoms with Crippen molar-refractivity contribution in [2.75, 3.05) is 0 Å². The second-order valence-corrected chi connectivity index (χ2v) is 7.70. The van der Waals surface area contributed by atoms with Gasteiger partial charge in [0.1, 0.15) is 0 Å². The van der Waals surface area contributed by atoms with E-state index in [0.29, 0.717) is 0 Å². The summed E-state index contributed by atoms with van der Waals surface area (Å²) < 4.78 is 0. The van der Waals surface area contributed by atoms with Gasteiger partial charge < -0.3 is 24.8 Å². The van der Waals surface area contributed by atoms with Gasteiger partial charge in [0.2, 0.25) is 0 Å². The zero-order chi connectivity index (χ0) is 19.1. The fourth-order valence-corrected chi connectivity index (χ4v) is 4.57. The van der Waals surface area contributed by atoms with Crippen LogP contribution in [0.15, 0.2) is 72.8 Å². The molecule has 0 radical (unpaired) electrons. The Morgan fingerprint density at radius 1 is 0.581 bits per heavy atom. The summed E-state index contributed by atoms with van der Waals surface area (Å²) in [6, 6.07) is 32.3. The maximum atomic E-state index is 3.34. The van der Waals surface area contributed by atoms with Crippen LogP contribution < -0.4 is 24.8 Å². The minimum absolute atomic E-state index is 0. The first-order valence-corrected chi connectivity index (χ1v) is 9.89. The number of halogens is 2. The normalized spacial score (nSPS) is 11.2. The molecule has 4 aromatic rings. The smallest absolute Gasteiger partial charge is 1.00 e. The molecular weight excluding hydrogens is 586 g/mol. The van der Waals surface area contributed by atoms with Gasteiger partial charge in [-0.3, -0.25) is 0 Å². The second-order valence-electron chi connectivity index (χ2n) is 7.70. The zero-order valence-electron chi connectivity index (χ0n) is 17.6. The predicted octanol–water partition coefficient (Wildman–Crippen LogP) is 0.738. The van der Waals surface area contributed by atoms with E-state index in [1.54, 1.807) is 0 Å². The van der Waals surface area contributed by atoms with Crippen molar-refractivity contribution < 1.29 is 50.7 Å². The van der Waals surface area contributed by atoms with Crippen LogP contribution in [0.25, 0.3) is 22.3 Å². The fraction of sp³-hybridized carbons (Fsp3) is 0.143. The third kappa shape index (κ3) is 4.75. The predicted molar refractivity (Wildman–Crippen MR) is 117 cm³/mol. The molecule has 2 aliphatic carbocycles. The van der Waals surface area contributed by atoms with Crippen LogP contribution in [0, 0.1) is 26.0 Å². The molecule has 0 nitrogen and oxygen atoms in total. The Balaban J connectivity index is 0.000000201. The number of rotatable bonds is 0. The Labute approximate surface area is 216 Å². The summed E-state index contributed by atoms with van der Waals surface area (Å²) in [7, 11) is 0. The van der Waals surface area contributed by atoms with Gasteiger partial charge in [-0.15, -0.1) is 22.3 Å². The third-order valence-corrected chi connectivity index (χ3v) is 5.88. The minimum atomic E-state index is 0. The molecule has 2 aliphatic rings. The van der Waals surface area contributed by atoms with Crippen molar-refractivity contribution >= 4 is 0 Å². The topological polar surface area (TPSA) is 0 Å². The van der Waals surface area contributed by atoms with E-state index in [0.717, 1.165) is 12.8 Å². The van der Waals surface area contributed by atoms with Gasteiger partial charge in [0.25, 0.3) is 0 Å². The van der Waals surface area contributed by atoms with E-state index in [2.05, 4.69) is 86.6 Å². The van der Waals surface area contributed by atoms with Gasteiger partial charge in [0, 0.05) is 0 Å². The molecule has 0 saturated carbocycles. The molecule has 0 aromatic heterocycles. The van der Waals surface area contributed by atoms with Crippen molar-refractivity contribution in [3.05, 3.63) is 118 Å². The van der Waals surface area contributed by atoms with Crippen molar-refractivity contribution in [1.82, 2.24) is 0 Å². The number of aryl methyl sites for hydroxylation is 2. The standard InChI is InChI=1S/2C14H11.2ClH.Hf/c2*1-10-5-4-7-12-9-11-6-2-3-8-13(11)14(10)12;;;/h2*2-6,8H,9H2,1H3;2*1H;/q2*-1;;;+4/p-2. The summed E-state index contributed by atoms with van der Waals surface area (Å²) in [5, 5.41) is 0. The van der Waals surface area contributed by atoms with Crippen LogP contribution in [0.4, 0.5) is 0 Å². The summed E-state index contributed by atoms with van der Waals surface area (Å²) in [5.74, 6) is 0. The first-order chi connectivity index (χ1) is 13.7.